The second-order valence-electron chi connectivity index (χ2n) is 8.58. The van der Waals surface area contributed by atoms with Crippen LogP contribution in [0, 0.1) is 41.4 Å². The number of imide groups is 1. The van der Waals surface area contributed by atoms with Gasteiger partial charge in [0.2, 0.25) is 0 Å². The molecule has 3 heteroatoms. The molecule has 3 nitrogen and oxygen atoms in total. The van der Waals surface area contributed by atoms with E-state index in [0.29, 0.717) is 5.92 Å². The molecule has 5 fully saturated rings. The van der Waals surface area contributed by atoms with Crippen molar-refractivity contribution in [1.82, 2.24) is 4.90 Å². The fourth-order valence-electron chi connectivity index (χ4n) is 8.09. The first-order valence-corrected chi connectivity index (χ1v) is 8.75. The molecule has 0 spiro atoms. The number of amides is 2. The van der Waals surface area contributed by atoms with Gasteiger partial charge in [-0.15, -0.1) is 0 Å². The van der Waals surface area contributed by atoms with Crippen LogP contribution < -0.4 is 0 Å². The monoisotopic (exact) mass is 283 g/mol. The van der Waals surface area contributed by atoms with Crippen LogP contribution in [0.5, 0.6) is 0 Å². The van der Waals surface area contributed by atoms with Gasteiger partial charge in [-0.2, -0.15) is 0 Å². The maximum Gasteiger partial charge on any atom is 0.254 e. The molecular formula is C18H21NO2. The Bertz CT molecular complexity index is 590. The predicted octanol–water partition coefficient (Wildman–Crippen LogP) is 2.37. The summed E-state index contributed by atoms with van der Waals surface area (Å²) in [7, 11) is 0. The summed E-state index contributed by atoms with van der Waals surface area (Å²) in [5, 5.41) is 0. The standard InChI is InChI=1S/C18H21NO2/c20-16-1-2-17(21)19(16)18-4-3-10-12-5-9-6-13(10)15(18)7-11(9)14(12)8-18/h1-2,9-15H,3-8H2. The average Bonchev–Trinajstić information content (AvgIpc) is 2.89. The van der Waals surface area contributed by atoms with E-state index in [0.717, 1.165) is 48.3 Å². The maximum absolute atomic E-state index is 12.4. The fourth-order valence-corrected chi connectivity index (χ4v) is 8.09. The Morgan fingerprint density at radius 1 is 0.905 bits per heavy atom. The van der Waals surface area contributed by atoms with E-state index in [4.69, 9.17) is 0 Å². The summed E-state index contributed by atoms with van der Waals surface area (Å²) in [4.78, 5) is 26.4. The molecule has 1 heterocycles. The van der Waals surface area contributed by atoms with Gasteiger partial charge in [0.1, 0.15) is 0 Å². The van der Waals surface area contributed by atoms with Gasteiger partial charge in [0.05, 0.1) is 5.54 Å². The first-order chi connectivity index (χ1) is 10.2. The van der Waals surface area contributed by atoms with E-state index in [2.05, 4.69) is 0 Å². The van der Waals surface area contributed by atoms with Crippen LogP contribution in [0.3, 0.4) is 0 Å². The Kier molecular flexibility index (Phi) is 1.79. The minimum Gasteiger partial charge on any atom is -0.269 e. The summed E-state index contributed by atoms with van der Waals surface area (Å²) in [6, 6.07) is 0. The number of carbonyl (C=O) groups is 2. The fraction of sp³-hybridized carbons (Fsp3) is 0.778. The summed E-state index contributed by atoms with van der Waals surface area (Å²) in [5.74, 6) is 5.93. The second kappa shape index (κ2) is 3.28. The van der Waals surface area contributed by atoms with Crippen molar-refractivity contribution in [2.24, 2.45) is 41.4 Å². The first-order valence-electron chi connectivity index (χ1n) is 8.75. The summed E-state index contributed by atoms with van der Waals surface area (Å²) >= 11 is 0. The van der Waals surface area contributed by atoms with Gasteiger partial charge in [0, 0.05) is 12.2 Å². The lowest BCUT2D eigenvalue weighted by atomic mass is 9.50. The molecule has 1 aliphatic heterocycles. The van der Waals surface area contributed by atoms with Crippen molar-refractivity contribution >= 4 is 11.8 Å². The highest BCUT2D eigenvalue weighted by Crippen LogP contribution is 2.73. The van der Waals surface area contributed by atoms with Crippen LogP contribution in [-0.4, -0.2) is 22.3 Å². The van der Waals surface area contributed by atoms with Crippen molar-refractivity contribution < 1.29 is 9.59 Å². The normalized spacial score (nSPS) is 58.9. The van der Waals surface area contributed by atoms with Gasteiger partial charge in [-0.3, -0.25) is 14.5 Å². The predicted molar refractivity (Wildman–Crippen MR) is 75.9 cm³/mol. The molecule has 2 amide bonds. The lowest BCUT2D eigenvalue weighted by Crippen LogP contribution is -2.64. The van der Waals surface area contributed by atoms with E-state index in [1.807, 2.05) is 0 Å². The van der Waals surface area contributed by atoms with E-state index in [-0.39, 0.29) is 17.4 Å². The highest BCUT2D eigenvalue weighted by atomic mass is 16.2. The number of hydrogen-bond donors (Lipinski definition) is 0. The highest BCUT2D eigenvalue weighted by molar-refractivity contribution is 6.13. The van der Waals surface area contributed by atoms with Crippen molar-refractivity contribution in [1.29, 1.82) is 0 Å². The Hall–Kier alpha value is -1.12. The Morgan fingerprint density at radius 3 is 2.48 bits per heavy atom. The zero-order valence-corrected chi connectivity index (χ0v) is 12.2. The molecule has 0 N–H and O–H groups in total. The minimum absolute atomic E-state index is 0.0331. The number of carbonyl (C=O) groups excluding carboxylic acids is 2. The van der Waals surface area contributed by atoms with E-state index in [9.17, 15) is 9.59 Å². The topological polar surface area (TPSA) is 37.4 Å². The molecule has 5 aliphatic carbocycles. The number of rotatable bonds is 1. The Morgan fingerprint density at radius 2 is 1.67 bits per heavy atom. The summed E-state index contributed by atoms with van der Waals surface area (Å²) in [6.45, 7) is 0. The second-order valence-corrected chi connectivity index (χ2v) is 8.58. The zero-order chi connectivity index (χ0) is 13.9. The molecule has 110 valence electrons. The molecule has 0 aromatic carbocycles. The largest absolute Gasteiger partial charge is 0.269 e. The van der Waals surface area contributed by atoms with Crippen LogP contribution in [0.1, 0.15) is 38.5 Å². The van der Waals surface area contributed by atoms with Gasteiger partial charge < -0.3 is 0 Å². The summed E-state index contributed by atoms with van der Waals surface area (Å²) in [5.41, 5.74) is -0.107. The molecule has 8 unspecified atom stereocenters. The number of nitrogens with zero attached hydrogens (tertiary/aromatic N) is 1. The van der Waals surface area contributed by atoms with E-state index < -0.39 is 0 Å². The highest BCUT2D eigenvalue weighted by Gasteiger charge is 2.70. The number of fused-ring (bicyclic) bond motifs is 3. The van der Waals surface area contributed by atoms with Gasteiger partial charge >= 0.3 is 0 Å². The van der Waals surface area contributed by atoms with Crippen LogP contribution in [0.15, 0.2) is 12.2 Å². The third-order valence-corrected chi connectivity index (χ3v) is 8.44. The van der Waals surface area contributed by atoms with E-state index in [1.54, 1.807) is 4.90 Å². The smallest absolute Gasteiger partial charge is 0.254 e. The number of hydrogen-bond acceptors (Lipinski definition) is 2. The molecule has 6 aliphatic rings. The maximum atomic E-state index is 12.4. The third kappa shape index (κ3) is 1.07. The van der Waals surface area contributed by atoms with Crippen LogP contribution >= 0.6 is 0 Å². The van der Waals surface area contributed by atoms with Gasteiger partial charge in [0.15, 0.2) is 0 Å². The third-order valence-electron chi connectivity index (χ3n) is 8.44. The molecule has 5 bridgehead atoms. The molecule has 0 radical (unpaired) electrons. The molecule has 0 aromatic rings. The van der Waals surface area contributed by atoms with Crippen molar-refractivity contribution in [3.8, 4) is 0 Å². The van der Waals surface area contributed by atoms with Crippen LogP contribution in [-0.2, 0) is 9.59 Å². The van der Waals surface area contributed by atoms with Gasteiger partial charge in [-0.1, -0.05) is 0 Å². The summed E-state index contributed by atoms with van der Waals surface area (Å²) in [6.07, 6.45) is 10.7. The van der Waals surface area contributed by atoms with Crippen molar-refractivity contribution in [3.63, 3.8) is 0 Å². The first kappa shape index (κ1) is 11.4. The van der Waals surface area contributed by atoms with Crippen LogP contribution in [0.4, 0.5) is 0 Å². The molecule has 5 saturated carbocycles. The lowest BCUT2D eigenvalue weighted by Gasteiger charge is -2.60. The lowest BCUT2D eigenvalue weighted by molar-refractivity contribution is -0.160. The SMILES string of the molecule is O=C1C=CC(=O)N1C12CCC3C4CC5CC3C1CC5C4C2. The Balaban J connectivity index is 1.54. The van der Waals surface area contributed by atoms with Crippen LogP contribution in [0.25, 0.3) is 0 Å². The van der Waals surface area contributed by atoms with Gasteiger partial charge in [0.25, 0.3) is 11.8 Å². The van der Waals surface area contributed by atoms with E-state index in [1.165, 1.54) is 37.8 Å². The Labute approximate surface area is 124 Å². The van der Waals surface area contributed by atoms with Gasteiger partial charge in [-0.25, -0.2) is 0 Å². The molecule has 6 rings (SSSR count). The van der Waals surface area contributed by atoms with E-state index >= 15 is 0 Å². The minimum atomic E-state index is -0.107. The quantitative estimate of drug-likeness (QED) is 0.693. The van der Waals surface area contributed by atoms with Crippen LogP contribution in [0.2, 0.25) is 0 Å². The van der Waals surface area contributed by atoms with Crippen molar-refractivity contribution in [2.75, 3.05) is 0 Å². The molecule has 0 aromatic heterocycles. The zero-order valence-electron chi connectivity index (χ0n) is 12.2. The van der Waals surface area contributed by atoms with Crippen molar-refractivity contribution in [3.05, 3.63) is 12.2 Å². The van der Waals surface area contributed by atoms with Gasteiger partial charge in [-0.05, 0) is 80.0 Å². The average molecular weight is 283 g/mol. The molecular weight excluding hydrogens is 262 g/mol. The molecule has 0 saturated heterocycles. The summed E-state index contributed by atoms with van der Waals surface area (Å²) < 4.78 is 0. The van der Waals surface area contributed by atoms with Crippen molar-refractivity contribution in [2.45, 2.75) is 44.1 Å². The molecule has 21 heavy (non-hydrogen) atoms. The molecule has 8 atom stereocenters.